The zero-order valence-corrected chi connectivity index (χ0v) is 28.9. The Balaban J connectivity index is 7.37. The van der Waals surface area contributed by atoms with Gasteiger partial charge >= 0.3 is 220 Å². The SMILES string of the molecule is CC(C)(C)N=N[N]([Bi]([N](N=NC(C)(C)C)C(C)(C)C)[N](N=NC(C)(C)C)C(C)(C)C)C(C)(C)C. The van der Waals surface area contributed by atoms with Gasteiger partial charge in [0.1, 0.15) is 0 Å². The molecule has 0 atom stereocenters. The van der Waals surface area contributed by atoms with E-state index in [1.165, 1.54) is 0 Å². The van der Waals surface area contributed by atoms with Crippen LogP contribution in [0.15, 0.2) is 31.0 Å². The molecule has 0 N–H and O–H groups in total. The Bertz CT molecular complexity index is 619. The summed E-state index contributed by atoms with van der Waals surface area (Å²) in [5, 5.41) is 28.7. The Labute approximate surface area is 219 Å². The molecule has 34 heavy (non-hydrogen) atoms. The standard InChI is InChI=1S/3C8H18N3.Bi/c3*1-7(2,3)9-11-10-8(4,5)6;/h3*1-6H3;/q3*-1;+3. The summed E-state index contributed by atoms with van der Waals surface area (Å²) in [5.41, 5.74) is -1.86. The number of rotatable bonds is 6. The molecule has 0 aromatic heterocycles. The molecule has 0 unspecified atom stereocenters. The van der Waals surface area contributed by atoms with Crippen molar-refractivity contribution < 1.29 is 0 Å². The molecule has 0 saturated carbocycles. The molecule has 200 valence electrons. The summed E-state index contributed by atoms with van der Waals surface area (Å²) in [6, 6.07) is 0. The van der Waals surface area contributed by atoms with E-state index in [1.807, 2.05) is 0 Å². The summed E-state index contributed by atoms with van der Waals surface area (Å²) in [7, 11) is 0. The van der Waals surface area contributed by atoms with Crippen molar-refractivity contribution in [3.8, 4) is 0 Å². The fourth-order valence-electron chi connectivity index (χ4n) is 2.09. The third-order valence-electron chi connectivity index (χ3n) is 3.60. The summed E-state index contributed by atoms with van der Waals surface area (Å²) >= 11 is -3.42. The Morgan fingerprint density at radius 2 is 0.529 bits per heavy atom. The molecule has 0 radical (unpaired) electrons. The molecule has 0 heterocycles. The molecule has 0 aliphatic heterocycles. The predicted molar refractivity (Wildman–Crippen MR) is 144 cm³/mol. The maximum absolute atomic E-state index is 4.89. The molecule has 0 aliphatic carbocycles. The van der Waals surface area contributed by atoms with E-state index in [0.29, 0.717) is 0 Å². The average molecular weight is 678 g/mol. The van der Waals surface area contributed by atoms with E-state index in [9.17, 15) is 0 Å². The van der Waals surface area contributed by atoms with E-state index < -0.39 is 22.6 Å². The van der Waals surface area contributed by atoms with Crippen molar-refractivity contribution in [3.63, 3.8) is 0 Å². The van der Waals surface area contributed by atoms with Crippen LogP contribution in [0, 0.1) is 0 Å². The van der Waals surface area contributed by atoms with Gasteiger partial charge in [-0.25, -0.2) is 0 Å². The van der Waals surface area contributed by atoms with Gasteiger partial charge in [0.05, 0.1) is 0 Å². The molecule has 0 aliphatic rings. The van der Waals surface area contributed by atoms with Crippen LogP contribution in [0.1, 0.15) is 125 Å². The normalized spacial score (nSPS) is 15.3. The van der Waals surface area contributed by atoms with E-state index in [-0.39, 0.29) is 33.2 Å². The van der Waals surface area contributed by atoms with Crippen molar-refractivity contribution in [3.05, 3.63) is 0 Å². The molecule has 0 bridgehead atoms. The van der Waals surface area contributed by atoms with E-state index in [2.05, 4.69) is 133 Å². The zero-order chi connectivity index (χ0) is 27.6. The molecule has 0 spiro atoms. The second-order valence-electron chi connectivity index (χ2n) is 14.7. The molecule has 9 nitrogen and oxygen atoms in total. The quantitative estimate of drug-likeness (QED) is 0.164. The topological polar surface area (TPSA) is 83.9 Å². The fourth-order valence-corrected chi connectivity index (χ4v) is 11.5. The monoisotopic (exact) mass is 677 g/mol. The maximum atomic E-state index is 4.89. The van der Waals surface area contributed by atoms with Crippen LogP contribution >= 0.6 is 0 Å². The van der Waals surface area contributed by atoms with Crippen LogP contribution in [0.5, 0.6) is 0 Å². The van der Waals surface area contributed by atoms with Gasteiger partial charge in [-0.1, -0.05) is 0 Å². The number of hydrogen-bond acceptors (Lipinski definition) is 6. The van der Waals surface area contributed by atoms with Crippen molar-refractivity contribution in [1.82, 2.24) is 8.86 Å². The Kier molecular flexibility index (Phi) is 10.7. The van der Waals surface area contributed by atoms with Gasteiger partial charge in [-0.2, -0.15) is 0 Å². The van der Waals surface area contributed by atoms with Crippen molar-refractivity contribution in [1.29, 1.82) is 0 Å². The summed E-state index contributed by atoms with van der Waals surface area (Å²) < 4.78 is 6.52. The molecule has 10 heteroatoms. The van der Waals surface area contributed by atoms with Gasteiger partial charge in [-0.15, -0.1) is 0 Å². The molecule has 0 saturated heterocycles. The van der Waals surface area contributed by atoms with E-state index in [0.717, 1.165) is 0 Å². The van der Waals surface area contributed by atoms with Gasteiger partial charge in [0.25, 0.3) is 0 Å². The van der Waals surface area contributed by atoms with Crippen molar-refractivity contribution >= 4 is 22.6 Å². The van der Waals surface area contributed by atoms with Crippen molar-refractivity contribution in [2.45, 2.75) is 158 Å². The molecule has 0 fully saturated rings. The van der Waals surface area contributed by atoms with E-state index in [4.69, 9.17) is 31.0 Å². The van der Waals surface area contributed by atoms with Gasteiger partial charge in [0.15, 0.2) is 0 Å². The van der Waals surface area contributed by atoms with Gasteiger partial charge in [-0.3, -0.25) is 0 Å². The Hall–Kier alpha value is -0.917. The molecular formula is C24H54BiN9. The minimum atomic E-state index is -3.42. The summed E-state index contributed by atoms with van der Waals surface area (Å²) in [4.78, 5) is 0. The first-order chi connectivity index (χ1) is 14.7. The van der Waals surface area contributed by atoms with E-state index >= 15 is 0 Å². The van der Waals surface area contributed by atoms with Crippen LogP contribution < -0.4 is 0 Å². The summed E-state index contributed by atoms with van der Waals surface area (Å²) in [5.74, 6) is 0. The Morgan fingerprint density at radius 1 is 0.353 bits per heavy atom. The average Bonchev–Trinajstić information content (AvgIpc) is 2.47. The fraction of sp³-hybridized carbons (Fsp3) is 1.00. The molecule has 0 aromatic carbocycles. The van der Waals surface area contributed by atoms with Gasteiger partial charge < -0.3 is 0 Å². The van der Waals surface area contributed by atoms with Crippen LogP contribution in [0.2, 0.25) is 0 Å². The van der Waals surface area contributed by atoms with Crippen LogP contribution in [0.3, 0.4) is 0 Å². The molecular weight excluding hydrogens is 623 g/mol. The second kappa shape index (κ2) is 11.0. The third kappa shape index (κ3) is 12.7. The van der Waals surface area contributed by atoms with Crippen LogP contribution in [-0.2, 0) is 0 Å². The van der Waals surface area contributed by atoms with Gasteiger partial charge in [0.2, 0.25) is 0 Å². The third-order valence-corrected chi connectivity index (χ3v) is 15.5. The zero-order valence-electron chi connectivity index (χ0n) is 25.5. The first kappa shape index (κ1) is 33.1. The van der Waals surface area contributed by atoms with Crippen LogP contribution in [0.25, 0.3) is 0 Å². The minimum absolute atomic E-state index is 0.308. The Morgan fingerprint density at radius 3 is 0.647 bits per heavy atom. The van der Waals surface area contributed by atoms with Crippen LogP contribution in [-0.4, -0.2) is 64.7 Å². The first-order valence-electron chi connectivity index (χ1n) is 12.1. The van der Waals surface area contributed by atoms with Crippen molar-refractivity contribution in [2.75, 3.05) is 0 Å². The van der Waals surface area contributed by atoms with Crippen LogP contribution in [0.4, 0.5) is 0 Å². The molecule has 0 amide bonds. The van der Waals surface area contributed by atoms with Crippen molar-refractivity contribution in [2.24, 2.45) is 31.0 Å². The number of nitrogens with zero attached hydrogens (tertiary/aromatic N) is 9. The summed E-state index contributed by atoms with van der Waals surface area (Å²) in [6.07, 6.45) is 0. The second-order valence-corrected chi connectivity index (χ2v) is 21.2. The summed E-state index contributed by atoms with van der Waals surface area (Å²) in [6.45, 7) is 38.0. The first-order valence-corrected chi connectivity index (χ1v) is 16.8. The van der Waals surface area contributed by atoms with Gasteiger partial charge in [-0.05, 0) is 0 Å². The van der Waals surface area contributed by atoms with E-state index in [1.54, 1.807) is 0 Å². The number of hydrogen-bond donors (Lipinski definition) is 0. The molecule has 0 aromatic rings. The van der Waals surface area contributed by atoms with Gasteiger partial charge in [0, 0.05) is 0 Å². The molecule has 0 rings (SSSR count). The predicted octanol–water partition coefficient (Wildman–Crippen LogP) is 7.77.